The number of rotatable bonds is 5. The Hall–Kier alpha value is -1.21. The molecule has 0 aliphatic rings. The van der Waals surface area contributed by atoms with Crippen molar-refractivity contribution >= 4 is 18.1 Å². The first kappa shape index (κ1) is 13.9. The lowest BCUT2D eigenvalue weighted by atomic mass is 10.3. The molecule has 0 saturated carbocycles. The summed E-state index contributed by atoms with van der Waals surface area (Å²) in [5.74, 6) is 0.732. The Morgan fingerprint density at radius 3 is 2.65 bits per heavy atom. The van der Waals surface area contributed by atoms with Crippen molar-refractivity contribution in [3.8, 4) is 5.75 Å². The fraction of sp³-hybridized carbons (Fsp3) is 0.385. The zero-order valence-electron chi connectivity index (χ0n) is 10.9. The maximum Gasteiger partial charge on any atom is 0.142 e. The molecule has 0 aliphatic carbocycles. The van der Waals surface area contributed by atoms with Gasteiger partial charge in [0.15, 0.2) is 0 Å². The lowest BCUT2D eigenvalue weighted by molar-refractivity contribution is 0.417. The summed E-state index contributed by atoms with van der Waals surface area (Å²) in [4.78, 5) is 0. The van der Waals surface area contributed by atoms with Gasteiger partial charge in [0, 0.05) is 11.8 Å². The van der Waals surface area contributed by atoms with E-state index in [0.717, 1.165) is 23.3 Å². The molecule has 0 saturated heterocycles. The summed E-state index contributed by atoms with van der Waals surface area (Å²) in [7, 11) is -0.610. The monoisotopic (exact) mass is 253 g/mol. The molecule has 17 heavy (non-hydrogen) atoms. The molecule has 1 aromatic carbocycles. The Morgan fingerprint density at radius 2 is 2.12 bits per heavy atom. The van der Waals surface area contributed by atoms with Crippen molar-refractivity contribution in [2.45, 2.75) is 6.92 Å². The summed E-state index contributed by atoms with van der Waals surface area (Å²) >= 11 is 0. The minimum Gasteiger partial charge on any atom is -0.495 e. The minimum atomic E-state index is -2.23. The Kier molecular flexibility index (Phi) is 4.83. The largest absolute Gasteiger partial charge is 0.495 e. The van der Waals surface area contributed by atoms with E-state index in [9.17, 15) is 4.57 Å². The summed E-state index contributed by atoms with van der Waals surface area (Å²) in [5.41, 5.74) is 0.919. The van der Waals surface area contributed by atoms with E-state index in [1.807, 2.05) is 37.3 Å². The molecule has 1 N–H and O–H groups in total. The van der Waals surface area contributed by atoms with Crippen molar-refractivity contribution in [1.82, 2.24) is 0 Å². The van der Waals surface area contributed by atoms with Crippen molar-refractivity contribution in [3.05, 3.63) is 30.4 Å². The second-order valence-electron chi connectivity index (χ2n) is 4.19. The number of hydrogen-bond donors (Lipinski definition) is 1. The van der Waals surface area contributed by atoms with Gasteiger partial charge in [0.2, 0.25) is 0 Å². The van der Waals surface area contributed by atoms with Crippen LogP contribution in [0.3, 0.4) is 0 Å². The highest BCUT2D eigenvalue weighted by Gasteiger charge is 2.13. The topological polar surface area (TPSA) is 38.3 Å². The van der Waals surface area contributed by atoms with Gasteiger partial charge in [-0.2, -0.15) is 0 Å². The van der Waals surface area contributed by atoms with E-state index in [-0.39, 0.29) is 0 Å². The van der Waals surface area contributed by atoms with Crippen LogP contribution in [0, 0.1) is 0 Å². The van der Waals surface area contributed by atoms with E-state index in [2.05, 4.69) is 5.32 Å². The molecule has 0 aromatic heterocycles. The summed E-state index contributed by atoms with van der Waals surface area (Å²) in [5, 5.41) is 4.08. The molecule has 0 fully saturated rings. The third kappa shape index (κ3) is 3.94. The average Bonchev–Trinajstić information content (AvgIpc) is 2.28. The van der Waals surface area contributed by atoms with Crippen LogP contribution in [-0.4, -0.2) is 27.0 Å². The van der Waals surface area contributed by atoms with Crippen LogP contribution in [0.25, 0.3) is 0 Å². The molecule has 0 unspecified atom stereocenters. The highest BCUT2D eigenvalue weighted by Crippen LogP contribution is 2.37. The van der Waals surface area contributed by atoms with Gasteiger partial charge >= 0.3 is 0 Å². The van der Waals surface area contributed by atoms with Crippen molar-refractivity contribution in [3.63, 3.8) is 0 Å². The third-order valence-corrected chi connectivity index (χ3v) is 3.97. The highest BCUT2D eigenvalue weighted by atomic mass is 31.2. The molecule has 1 rings (SSSR count). The number of ether oxygens (including phenoxy) is 1. The highest BCUT2D eigenvalue weighted by molar-refractivity contribution is 7.70. The SMILES string of the molecule is C/C=C/CNc1ccc(P(C)(C)=O)cc1OC. The second-order valence-corrected chi connectivity index (χ2v) is 7.40. The second kappa shape index (κ2) is 5.92. The molecular formula is C13H20NO2P. The van der Waals surface area contributed by atoms with E-state index in [1.54, 1.807) is 20.4 Å². The van der Waals surface area contributed by atoms with Gasteiger partial charge in [-0.15, -0.1) is 0 Å². The third-order valence-electron chi connectivity index (χ3n) is 2.45. The summed E-state index contributed by atoms with van der Waals surface area (Å²) < 4.78 is 17.3. The minimum absolute atomic E-state index is 0.732. The molecule has 0 bridgehead atoms. The molecule has 0 amide bonds. The molecule has 4 heteroatoms. The van der Waals surface area contributed by atoms with Crippen molar-refractivity contribution < 1.29 is 9.30 Å². The van der Waals surface area contributed by atoms with Gasteiger partial charge in [-0.05, 0) is 38.5 Å². The zero-order chi connectivity index (χ0) is 12.9. The van der Waals surface area contributed by atoms with Crippen molar-refractivity contribution in [2.75, 3.05) is 32.3 Å². The molecule has 1 aromatic rings. The van der Waals surface area contributed by atoms with Gasteiger partial charge in [-0.3, -0.25) is 0 Å². The van der Waals surface area contributed by atoms with Gasteiger partial charge in [0.1, 0.15) is 12.9 Å². The van der Waals surface area contributed by atoms with E-state index in [0.29, 0.717) is 0 Å². The van der Waals surface area contributed by atoms with Gasteiger partial charge in [0.05, 0.1) is 12.8 Å². The first-order chi connectivity index (χ1) is 7.99. The van der Waals surface area contributed by atoms with Gasteiger partial charge < -0.3 is 14.6 Å². The van der Waals surface area contributed by atoms with Crippen LogP contribution in [0.5, 0.6) is 5.75 Å². The Bertz CT molecular complexity index is 449. The molecular weight excluding hydrogens is 233 g/mol. The van der Waals surface area contributed by atoms with Crippen LogP contribution < -0.4 is 15.4 Å². The molecule has 0 spiro atoms. The molecule has 94 valence electrons. The predicted octanol–water partition coefficient (Wildman–Crippen LogP) is 2.93. The molecule has 0 aliphatic heterocycles. The number of allylic oxidation sites excluding steroid dienone is 1. The van der Waals surface area contributed by atoms with E-state index >= 15 is 0 Å². The van der Waals surface area contributed by atoms with Crippen molar-refractivity contribution in [1.29, 1.82) is 0 Å². The number of anilines is 1. The van der Waals surface area contributed by atoms with Gasteiger partial charge in [-0.25, -0.2) is 0 Å². The summed E-state index contributed by atoms with van der Waals surface area (Å²) in [6.45, 7) is 6.25. The van der Waals surface area contributed by atoms with Crippen molar-refractivity contribution in [2.24, 2.45) is 0 Å². The average molecular weight is 253 g/mol. The fourth-order valence-corrected chi connectivity index (χ4v) is 2.31. The number of methoxy groups -OCH3 is 1. The number of hydrogen-bond acceptors (Lipinski definition) is 3. The van der Waals surface area contributed by atoms with Gasteiger partial charge in [-0.1, -0.05) is 12.2 Å². The van der Waals surface area contributed by atoms with E-state index in [4.69, 9.17) is 4.74 Å². The van der Waals surface area contributed by atoms with Crippen LogP contribution in [0.15, 0.2) is 30.4 Å². The first-order valence-electron chi connectivity index (χ1n) is 5.57. The number of nitrogens with one attached hydrogen (secondary N) is 1. The number of benzene rings is 1. The maximum atomic E-state index is 12.0. The van der Waals surface area contributed by atoms with Crippen LogP contribution >= 0.6 is 7.14 Å². The van der Waals surface area contributed by atoms with Crippen LogP contribution in [-0.2, 0) is 4.57 Å². The smallest absolute Gasteiger partial charge is 0.142 e. The molecule has 0 atom stereocenters. The van der Waals surface area contributed by atoms with E-state index < -0.39 is 7.14 Å². The van der Waals surface area contributed by atoms with Gasteiger partial charge in [0.25, 0.3) is 0 Å². The van der Waals surface area contributed by atoms with E-state index in [1.165, 1.54) is 0 Å². The quantitative estimate of drug-likeness (QED) is 0.647. The Morgan fingerprint density at radius 1 is 1.41 bits per heavy atom. The van der Waals surface area contributed by atoms with Crippen LogP contribution in [0.4, 0.5) is 5.69 Å². The Balaban J connectivity index is 2.97. The lowest BCUT2D eigenvalue weighted by Gasteiger charge is -2.13. The normalized spacial score (nSPS) is 11.8. The first-order valence-corrected chi connectivity index (χ1v) is 8.17. The van der Waals surface area contributed by atoms with Crippen LogP contribution in [0.1, 0.15) is 6.92 Å². The summed E-state index contributed by atoms with van der Waals surface area (Å²) in [6.07, 6.45) is 4.01. The lowest BCUT2D eigenvalue weighted by Crippen LogP contribution is -2.07. The van der Waals surface area contributed by atoms with Crippen LogP contribution in [0.2, 0.25) is 0 Å². The Labute approximate surface area is 103 Å². The zero-order valence-corrected chi connectivity index (χ0v) is 11.8. The maximum absolute atomic E-state index is 12.0. The predicted molar refractivity (Wildman–Crippen MR) is 75.4 cm³/mol. The summed E-state index contributed by atoms with van der Waals surface area (Å²) in [6, 6.07) is 5.65. The molecule has 3 nitrogen and oxygen atoms in total. The molecule has 0 heterocycles. The fourth-order valence-electron chi connectivity index (χ4n) is 1.45. The molecule has 0 radical (unpaired) electrons. The standard InChI is InChI=1S/C13H20NO2P/c1-5-6-9-14-12-8-7-11(17(3,4)15)10-13(12)16-2/h5-8,10,14H,9H2,1-4H3/b6-5+.